The van der Waals surface area contributed by atoms with Gasteiger partial charge in [0.05, 0.1) is 6.61 Å². The van der Waals surface area contributed by atoms with E-state index in [1.165, 1.54) is 29.8 Å². The van der Waals surface area contributed by atoms with Crippen LogP contribution in [0.4, 0.5) is 0 Å². The number of aliphatic hydroxyl groups is 1. The Labute approximate surface area is 304 Å². The molecule has 4 N–H and O–H groups in total. The van der Waals surface area contributed by atoms with E-state index in [2.05, 4.69) is 22.9 Å². The number of esters is 1. The molecule has 15 nitrogen and oxygen atoms in total. The van der Waals surface area contributed by atoms with Gasteiger partial charge in [-0.3, -0.25) is 28.8 Å². The minimum atomic E-state index is -1.45. The van der Waals surface area contributed by atoms with Gasteiger partial charge in [0.2, 0.25) is 35.4 Å². The number of ether oxygens (including phenoxy) is 1. The Kier molecular flexibility index (Phi) is 14.7. The molecule has 6 atom stereocenters. The maximum absolute atomic E-state index is 14.2. The highest BCUT2D eigenvalue weighted by atomic mass is 16.5. The van der Waals surface area contributed by atoms with Gasteiger partial charge in [0.25, 0.3) is 0 Å². The Morgan fingerprint density at radius 2 is 1.65 bits per heavy atom. The van der Waals surface area contributed by atoms with Crippen molar-refractivity contribution >= 4 is 41.4 Å². The van der Waals surface area contributed by atoms with Crippen molar-refractivity contribution in [2.75, 3.05) is 33.4 Å². The molecule has 15 heteroatoms. The zero-order valence-electron chi connectivity index (χ0n) is 30.3. The SMILES string of the molecule is CCCCC/C=C/C(=O)N[C@@H](Cc1ccccc1)C(=O)N[C@H]1COC(=O)[C@@H]2CCCN2C(=O)[C@H](C)NC(=O)[C@H](CO)N(C)C(=O)[C@@H]2CCCN2C1=O. The average molecular weight is 725 g/mol. The molecule has 3 aliphatic rings. The van der Waals surface area contributed by atoms with Gasteiger partial charge in [0.15, 0.2) is 0 Å². The van der Waals surface area contributed by atoms with Crippen molar-refractivity contribution in [1.29, 1.82) is 0 Å². The molecule has 4 rings (SSSR count). The van der Waals surface area contributed by atoms with Crippen molar-refractivity contribution in [3.05, 3.63) is 48.0 Å². The number of rotatable bonds is 11. The van der Waals surface area contributed by atoms with Crippen molar-refractivity contribution in [2.24, 2.45) is 0 Å². The lowest BCUT2D eigenvalue weighted by molar-refractivity contribution is -0.158. The zero-order chi connectivity index (χ0) is 37.8. The van der Waals surface area contributed by atoms with E-state index in [1.54, 1.807) is 30.3 Å². The van der Waals surface area contributed by atoms with Crippen LogP contribution in [0, 0.1) is 0 Å². The van der Waals surface area contributed by atoms with Gasteiger partial charge in [-0.25, -0.2) is 4.79 Å². The van der Waals surface area contributed by atoms with E-state index in [9.17, 15) is 38.7 Å². The largest absolute Gasteiger partial charge is 0.461 e. The molecular weight excluding hydrogens is 672 g/mol. The average Bonchev–Trinajstić information content (AvgIpc) is 3.83. The summed E-state index contributed by atoms with van der Waals surface area (Å²) >= 11 is 0. The molecule has 284 valence electrons. The third kappa shape index (κ3) is 10.2. The van der Waals surface area contributed by atoms with Crippen molar-refractivity contribution < 1.29 is 43.4 Å². The molecule has 0 saturated carbocycles. The number of likely N-dealkylation sites (N-methyl/N-ethyl adjacent to an activating group) is 1. The number of amides is 6. The molecule has 3 saturated heterocycles. The number of cyclic esters (lactones) is 1. The number of nitrogens with zero attached hydrogens (tertiary/aromatic N) is 3. The van der Waals surface area contributed by atoms with Crippen LogP contribution in [0.25, 0.3) is 0 Å². The number of carbonyl (C=O) groups excluding carboxylic acids is 7. The molecule has 0 unspecified atom stereocenters. The molecule has 0 aromatic heterocycles. The summed E-state index contributed by atoms with van der Waals surface area (Å²) in [6.45, 7) is 2.58. The maximum Gasteiger partial charge on any atom is 0.328 e. The van der Waals surface area contributed by atoms with Crippen LogP contribution < -0.4 is 16.0 Å². The summed E-state index contributed by atoms with van der Waals surface area (Å²) in [7, 11) is 1.34. The van der Waals surface area contributed by atoms with Crippen molar-refractivity contribution in [3.8, 4) is 0 Å². The first-order valence-corrected chi connectivity index (χ1v) is 18.2. The summed E-state index contributed by atoms with van der Waals surface area (Å²) in [5, 5.41) is 18.1. The fourth-order valence-corrected chi connectivity index (χ4v) is 6.84. The quantitative estimate of drug-likeness (QED) is 0.140. The van der Waals surface area contributed by atoms with E-state index >= 15 is 0 Å². The number of unbranched alkanes of at least 4 members (excludes halogenated alkanes) is 3. The summed E-state index contributed by atoms with van der Waals surface area (Å²) in [6, 6.07) is 2.00. The lowest BCUT2D eigenvalue weighted by Crippen LogP contribution is -2.61. The molecule has 3 aliphatic heterocycles. The van der Waals surface area contributed by atoms with Gasteiger partial charge in [-0.15, -0.1) is 0 Å². The van der Waals surface area contributed by atoms with E-state index in [-0.39, 0.29) is 32.4 Å². The van der Waals surface area contributed by atoms with Crippen LogP contribution in [0.1, 0.15) is 70.8 Å². The Morgan fingerprint density at radius 3 is 2.33 bits per heavy atom. The third-order valence-corrected chi connectivity index (χ3v) is 9.81. The van der Waals surface area contributed by atoms with E-state index in [4.69, 9.17) is 4.74 Å². The Bertz CT molecular complexity index is 1490. The van der Waals surface area contributed by atoms with E-state index in [0.717, 1.165) is 29.7 Å². The predicted molar refractivity (Wildman–Crippen MR) is 189 cm³/mol. The van der Waals surface area contributed by atoms with Gasteiger partial charge < -0.3 is 40.5 Å². The van der Waals surface area contributed by atoms with E-state index in [1.807, 2.05) is 6.07 Å². The molecule has 6 amide bonds. The first-order chi connectivity index (χ1) is 25.0. The van der Waals surface area contributed by atoms with Gasteiger partial charge in [-0.05, 0) is 57.1 Å². The second kappa shape index (κ2) is 19.2. The smallest absolute Gasteiger partial charge is 0.328 e. The standard InChI is InChI=1S/C37H52N6O9/c1-4-5-6-7-11-18-31(45)39-26(21-25-14-9-8-10-15-25)32(46)40-27-23-52-37(51)29-17-13-20-43(29)34(48)24(2)38-33(47)30(22-44)41(3)36(50)28-16-12-19-42(28)35(27)49/h8-11,14-15,18,24,26-30,44H,4-7,12-13,16-17,19-23H2,1-3H3,(H,38,47)(H,39,45)(H,40,46)/b18-11+/t24-,26-,27-,28-,29-,30-/m0/s1. The number of aliphatic hydroxyl groups excluding tert-OH is 1. The molecule has 52 heavy (non-hydrogen) atoms. The lowest BCUT2D eigenvalue weighted by atomic mass is 10.0. The van der Waals surface area contributed by atoms with Crippen molar-refractivity contribution in [2.45, 2.75) is 108 Å². The van der Waals surface area contributed by atoms with E-state index < -0.39 is 90.9 Å². The van der Waals surface area contributed by atoms with Gasteiger partial charge in [-0.2, -0.15) is 0 Å². The molecule has 1 aromatic carbocycles. The second-order valence-electron chi connectivity index (χ2n) is 13.6. The molecule has 0 spiro atoms. The molecule has 0 aliphatic carbocycles. The van der Waals surface area contributed by atoms with Gasteiger partial charge in [-0.1, -0.05) is 56.2 Å². The first kappa shape index (κ1) is 40.0. The maximum atomic E-state index is 14.2. The fourth-order valence-electron chi connectivity index (χ4n) is 6.84. The molecule has 3 fully saturated rings. The highest BCUT2D eigenvalue weighted by molar-refractivity contribution is 5.98. The minimum absolute atomic E-state index is 0.0976. The fraction of sp³-hybridized carbons (Fsp3) is 0.595. The van der Waals surface area contributed by atoms with E-state index in [0.29, 0.717) is 19.3 Å². The van der Waals surface area contributed by atoms with Crippen molar-refractivity contribution in [3.63, 3.8) is 0 Å². The Balaban J connectivity index is 1.64. The number of benzene rings is 1. The molecular formula is C37H52N6O9. The molecule has 1 aromatic rings. The summed E-state index contributed by atoms with van der Waals surface area (Å²) in [5.41, 5.74) is 0.751. The highest BCUT2D eigenvalue weighted by Crippen LogP contribution is 2.23. The van der Waals surface area contributed by atoms with Crippen LogP contribution in [0.3, 0.4) is 0 Å². The number of nitrogens with one attached hydrogen (secondary N) is 3. The van der Waals surface area contributed by atoms with Gasteiger partial charge >= 0.3 is 5.97 Å². The number of fused-ring (bicyclic) bond motifs is 2. The highest BCUT2D eigenvalue weighted by Gasteiger charge is 2.44. The number of hydrogen-bond acceptors (Lipinski definition) is 9. The topological polar surface area (TPSA) is 195 Å². The number of hydrogen-bond donors (Lipinski definition) is 4. The van der Waals surface area contributed by atoms with Gasteiger partial charge in [0.1, 0.15) is 42.9 Å². The summed E-state index contributed by atoms with van der Waals surface area (Å²) in [6.07, 6.45) is 8.38. The Hall–Kier alpha value is -4.79. The third-order valence-electron chi connectivity index (χ3n) is 9.81. The minimum Gasteiger partial charge on any atom is -0.461 e. The van der Waals surface area contributed by atoms with Crippen LogP contribution in [0.2, 0.25) is 0 Å². The summed E-state index contributed by atoms with van der Waals surface area (Å²) < 4.78 is 5.63. The molecule has 0 bridgehead atoms. The monoisotopic (exact) mass is 724 g/mol. The van der Waals surface area contributed by atoms with Gasteiger partial charge in [0, 0.05) is 26.6 Å². The predicted octanol–water partition coefficient (Wildman–Crippen LogP) is 0.198. The normalized spacial score (nSPS) is 25.4. The Morgan fingerprint density at radius 1 is 0.981 bits per heavy atom. The number of carbonyl (C=O) groups is 7. The zero-order valence-corrected chi connectivity index (χ0v) is 30.3. The van der Waals surface area contributed by atoms with Crippen LogP contribution in [-0.4, -0.2) is 131 Å². The van der Waals surface area contributed by atoms with Crippen LogP contribution in [-0.2, 0) is 44.7 Å². The van der Waals surface area contributed by atoms with Crippen LogP contribution >= 0.6 is 0 Å². The first-order valence-electron chi connectivity index (χ1n) is 18.2. The van der Waals surface area contributed by atoms with Crippen molar-refractivity contribution in [1.82, 2.24) is 30.7 Å². The number of allylic oxidation sites excluding steroid dienone is 1. The lowest BCUT2D eigenvalue weighted by Gasteiger charge is -2.35. The molecule has 0 radical (unpaired) electrons. The van der Waals surface area contributed by atoms with Crippen LogP contribution in [0.15, 0.2) is 42.5 Å². The van der Waals surface area contributed by atoms with Crippen LogP contribution in [0.5, 0.6) is 0 Å². The summed E-state index contributed by atoms with van der Waals surface area (Å²) in [5.74, 6) is -4.61. The summed E-state index contributed by atoms with van der Waals surface area (Å²) in [4.78, 5) is 98.6. The molecule has 3 heterocycles. The second-order valence-corrected chi connectivity index (χ2v) is 13.6.